The molecule has 0 bridgehead atoms. The number of halogens is 2. The summed E-state index contributed by atoms with van der Waals surface area (Å²) in [6.07, 6.45) is 0. The Balaban J connectivity index is 1.61. The van der Waals surface area contributed by atoms with Crippen molar-refractivity contribution in [1.29, 1.82) is 0 Å². The summed E-state index contributed by atoms with van der Waals surface area (Å²) < 4.78 is 6.43. The number of nitrogens with zero attached hydrogens (tertiary/aromatic N) is 4. The van der Waals surface area contributed by atoms with Crippen molar-refractivity contribution in [2.45, 2.75) is 0 Å². The molecule has 2 aliphatic heterocycles. The molecule has 0 radical (unpaired) electrons. The van der Waals surface area contributed by atoms with Crippen LogP contribution in [0.4, 0.5) is 0 Å². The topological polar surface area (TPSA) is 13.0 Å². The number of piperazine rings is 1. The molecule has 0 aromatic heterocycles. The molecule has 2 fully saturated rings. The van der Waals surface area contributed by atoms with Gasteiger partial charge in [0.15, 0.2) is 0 Å². The summed E-state index contributed by atoms with van der Waals surface area (Å²) in [7, 11) is 2.23. The molecule has 0 saturated carbocycles. The van der Waals surface area contributed by atoms with Crippen LogP contribution < -0.4 is 21.5 Å². The van der Waals surface area contributed by atoms with Crippen molar-refractivity contribution in [2.24, 2.45) is 0 Å². The van der Waals surface area contributed by atoms with Crippen LogP contribution >= 0.6 is 22.9 Å². The van der Waals surface area contributed by atoms with Gasteiger partial charge >= 0.3 is 118 Å². The van der Waals surface area contributed by atoms with Gasteiger partial charge in [-0.1, -0.05) is 0 Å². The first-order valence-corrected chi connectivity index (χ1v) is 8.85. The van der Waals surface area contributed by atoms with Crippen LogP contribution in [0.15, 0.2) is 0 Å². The van der Waals surface area contributed by atoms with Crippen LogP contribution in [0.2, 0.25) is 0 Å². The summed E-state index contributed by atoms with van der Waals surface area (Å²) in [4.78, 5) is 5.03. The zero-order valence-corrected chi connectivity index (χ0v) is 13.5. The minimum atomic E-state index is 0.254. The van der Waals surface area contributed by atoms with E-state index in [-0.39, 0.29) is 21.5 Å². The molecule has 2 rings (SSSR count). The Bertz CT molecular complexity index is 197. The predicted octanol–water partition coefficient (Wildman–Crippen LogP) is -2.88. The summed E-state index contributed by atoms with van der Waals surface area (Å²) >= 11 is 2.68. The Hall–Kier alpha value is 1.30. The second-order valence-electron chi connectivity index (χ2n) is 4.17. The Labute approximate surface area is 117 Å². The quantitative estimate of drug-likeness (QED) is 0.204. The van der Waals surface area contributed by atoms with Gasteiger partial charge in [0.2, 0.25) is 0 Å². The third-order valence-corrected chi connectivity index (χ3v) is 6.84. The number of alkyl halides is 1. The molecular formula is C9H19I2N4-. The van der Waals surface area contributed by atoms with Crippen LogP contribution in [-0.4, -0.2) is 73.6 Å². The van der Waals surface area contributed by atoms with Crippen LogP contribution in [0.25, 0.3) is 0 Å². The average molecular weight is 437 g/mol. The van der Waals surface area contributed by atoms with Crippen molar-refractivity contribution in [3.05, 3.63) is 0 Å². The van der Waals surface area contributed by atoms with Gasteiger partial charge in [0.05, 0.1) is 0 Å². The molecule has 0 spiro atoms. The van der Waals surface area contributed by atoms with Crippen molar-refractivity contribution >= 4 is 22.9 Å². The molecule has 0 amide bonds. The van der Waals surface area contributed by atoms with Gasteiger partial charge in [-0.15, -0.1) is 0 Å². The van der Waals surface area contributed by atoms with Crippen LogP contribution in [0.1, 0.15) is 0 Å². The zero-order chi connectivity index (χ0) is 10.7. The first-order valence-electron chi connectivity index (χ1n) is 5.40. The molecule has 2 aliphatic rings. The molecule has 0 atom stereocenters. The van der Waals surface area contributed by atoms with E-state index in [1.165, 1.54) is 50.5 Å². The van der Waals surface area contributed by atoms with Crippen molar-refractivity contribution in [3.8, 4) is 0 Å². The minimum absolute atomic E-state index is 0.254. The van der Waals surface area contributed by atoms with Gasteiger partial charge in [-0.2, -0.15) is 0 Å². The summed E-state index contributed by atoms with van der Waals surface area (Å²) in [6, 6.07) is 0. The van der Waals surface area contributed by atoms with E-state index in [2.05, 4.69) is 45.9 Å². The fourth-order valence-corrected chi connectivity index (χ4v) is 4.94. The van der Waals surface area contributed by atoms with E-state index < -0.39 is 0 Å². The fraction of sp³-hybridized carbons (Fsp3) is 1.00. The molecule has 4 nitrogen and oxygen atoms in total. The second kappa shape index (κ2) is 6.29. The van der Waals surface area contributed by atoms with Crippen LogP contribution in [-0.2, 0) is 0 Å². The number of hydrogen-bond acceptors (Lipinski definition) is 4. The first kappa shape index (κ1) is 12.7. The molecule has 6 heteroatoms. The summed E-state index contributed by atoms with van der Waals surface area (Å²) in [5.74, 6) is 0. The summed E-state index contributed by atoms with van der Waals surface area (Å²) in [5.41, 5.74) is 0. The molecule has 0 aliphatic carbocycles. The summed E-state index contributed by atoms with van der Waals surface area (Å²) in [6.45, 7) is 8.81. The number of likely N-dealkylation sites (N-methyl/N-ethyl adjacent to an activating group) is 1. The van der Waals surface area contributed by atoms with E-state index in [0.717, 1.165) is 0 Å². The molecular weight excluding hydrogens is 418 g/mol. The first-order chi connectivity index (χ1) is 7.24. The van der Waals surface area contributed by atoms with Gasteiger partial charge in [0, 0.05) is 0 Å². The van der Waals surface area contributed by atoms with E-state index in [1.54, 1.807) is 0 Å². The Morgan fingerprint density at radius 2 is 1.80 bits per heavy atom. The van der Waals surface area contributed by atoms with Crippen molar-refractivity contribution < 1.29 is 21.5 Å². The van der Waals surface area contributed by atoms with Gasteiger partial charge < -0.3 is 0 Å². The van der Waals surface area contributed by atoms with E-state index in [4.69, 9.17) is 0 Å². The monoisotopic (exact) mass is 437 g/mol. The van der Waals surface area contributed by atoms with Crippen LogP contribution in [0, 0.1) is 0 Å². The predicted molar refractivity (Wildman–Crippen MR) is 66.2 cm³/mol. The third-order valence-electron chi connectivity index (χ3n) is 2.85. The maximum atomic E-state index is 2.70. The molecule has 0 N–H and O–H groups in total. The fourth-order valence-electron chi connectivity index (χ4n) is 1.76. The van der Waals surface area contributed by atoms with Gasteiger partial charge in [-0.25, -0.2) is 0 Å². The van der Waals surface area contributed by atoms with Gasteiger partial charge in [0.25, 0.3) is 0 Å². The number of hydrogen-bond donors (Lipinski definition) is 0. The van der Waals surface area contributed by atoms with E-state index in [0.29, 0.717) is 0 Å². The van der Waals surface area contributed by atoms with Crippen molar-refractivity contribution in [2.75, 3.05) is 57.5 Å². The van der Waals surface area contributed by atoms with Gasteiger partial charge in [0.1, 0.15) is 0 Å². The van der Waals surface area contributed by atoms with Crippen molar-refractivity contribution in [1.82, 2.24) is 16.0 Å². The third kappa shape index (κ3) is 4.23. The van der Waals surface area contributed by atoms with Crippen molar-refractivity contribution in [3.63, 3.8) is 0 Å². The van der Waals surface area contributed by atoms with E-state index >= 15 is 0 Å². The van der Waals surface area contributed by atoms with Crippen LogP contribution in [0.3, 0.4) is 0 Å². The molecule has 90 valence electrons. The molecule has 0 unspecified atom stereocenters. The van der Waals surface area contributed by atoms with Gasteiger partial charge in [-0.3, -0.25) is 0 Å². The molecule has 15 heavy (non-hydrogen) atoms. The average Bonchev–Trinajstić information content (AvgIpc) is 2.64. The number of rotatable bonds is 3. The molecule has 2 saturated heterocycles. The van der Waals surface area contributed by atoms with Crippen LogP contribution in [0.5, 0.6) is 0 Å². The van der Waals surface area contributed by atoms with Gasteiger partial charge in [-0.05, 0) is 0 Å². The van der Waals surface area contributed by atoms with E-state index in [1.807, 2.05) is 0 Å². The molecule has 0 aromatic rings. The normalized spacial score (nSPS) is 27.9. The Morgan fingerprint density at radius 1 is 1.07 bits per heavy atom. The zero-order valence-electron chi connectivity index (χ0n) is 9.20. The molecule has 0 aromatic carbocycles. The maximum absolute atomic E-state index is 2.70. The van der Waals surface area contributed by atoms with E-state index in [9.17, 15) is 0 Å². The SMILES string of the molecule is CN1CCN([I-]CN2CCN(I)C2)CC1. The molecule has 2 heterocycles. The Morgan fingerprint density at radius 3 is 2.40 bits per heavy atom. The Kier molecular flexibility index (Phi) is 5.35. The standard InChI is InChI=1S/C9H19I2N4/c1-12-2-6-15(7-3-12)11-8-13-4-5-14(10)9-13/h2-9H2,1H3/q-1. The summed E-state index contributed by atoms with van der Waals surface area (Å²) in [5, 5.41) is 0. The second-order valence-corrected chi connectivity index (χ2v) is 8.27.